The summed E-state index contributed by atoms with van der Waals surface area (Å²) < 4.78 is 2.23. The van der Waals surface area contributed by atoms with E-state index in [0.29, 0.717) is 17.6 Å². The predicted octanol–water partition coefficient (Wildman–Crippen LogP) is 10.7. The van der Waals surface area contributed by atoms with Crippen LogP contribution in [0.3, 0.4) is 0 Å². The molecule has 0 fully saturated rings. The molecule has 0 aliphatic heterocycles. The third-order valence-corrected chi connectivity index (χ3v) is 24.5. The van der Waals surface area contributed by atoms with Crippen molar-refractivity contribution in [3.8, 4) is 39.9 Å². The lowest BCUT2D eigenvalue weighted by atomic mass is 10.0. The fourth-order valence-electron chi connectivity index (χ4n) is 11.6. The Labute approximate surface area is 439 Å². The summed E-state index contributed by atoms with van der Waals surface area (Å²) in [7, 11) is -5.82. The summed E-state index contributed by atoms with van der Waals surface area (Å²) in [6.07, 6.45) is 0. The van der Waals surface area contributed by atoms with Crippen LogP contribution in [-0.4, -0.2) is 35.7 Å². The van der Waals surface area contributed by atoms with E-state index < -0.39 is 16.1 Å². The highest BCUT2D eigenvalue weighted by atomic mass is 28.3. The van der Waals surface area contributed by atoms with Crippen LogP contribution >= 0.6 is 0 Å². The van der Waals surface area contributed by atoms with Crippen molar-refractivity contribution in [1.29, 1.82) is 0 Å². The number of para-hydroxylation sites is 1. The minimum Gasteiger partial charge on any atom is -0.278 e. The van der Waals surface area contributed by atoms with Crippen molar-refractivity contribution in [2.75, 3.05) is 0 Å². The maximum absolute atomic E-state index is 5.58. The molecule has 0 aliphatic carbocycles. The van der Waals surface area contributed by atoms with E-state index in [4.69, 9.17) is 15.0 Å². The number of hydrogen-bond acceptors (Lipinski definition) is 3. The van der Waals surface area contributed by atoms with E-state index in [-0.39, 0.29) is 0 Å². The second-order valence-electron chi connectivity index (χ2n) is 19.1. The average molecular weight is 991 g/mol. The normalized spacial score (nSPS) is 11.7. The van der Waals surface area contributed by atoms with Crippen molar-refractivity contribution in [2.45, 2.75) is 0 Å². The molecule has 0 atom stereocenters. The molecule has 354 valence electrons. The van der Waals surface area contributed by atoms with E-state index >= 15 is 0 Å². The lowest BCUT2D eigenvalue weighted by Gasteiger charge is -2.34. The Morgan fingerprint density at radius 1 is 0.227 bits per heavy atom. The lowest BCUT2D eigenvalue weighted by Crippen LogP contribution is -2.74. The molecule has 13 rings (SSSR count). The number of nitrogens with zero attached hydrogens (tertiary/aromatic N) is 4. The van der Waals surface area contributed by atoms with Crippen LogP contribution in [0.25, 0.3) is 61.7 Å². The molecule has 2 heterocycles. The van der Waals surface area contributed by atoms with Crippen LogP contribution in [0.1, 0.15) is 0 Å². The van der Waals surface area contributed by atoms with Gasteiger partial charge in [0.05, 0.1) is 11.0 Å². The van der Waals surface area contributed by atoms with Gasteiger partial charge in [-0.05, 0) is 70.8 Å². The van der Waals surface area contributed by atoms with E-state index in [1.165, 1.54) is 47.1 Å². The van der Waals surface area contributed by atoms with Crippen molar-refractivity contribution in [3.63, 3.8) is 0 Å². The van der Waals surface area contributed by atoms with Crippen LogP contribution in [-0.2, 0) is 0 Å². The first-order chi connectivity index (χ1) is 37.2. The quantitative estimate of drug-likeness (QED) is 0.0905. The average Bonchev–Trinajstić information content (AvgIpc) is 3.83. The zero-order valence-electron chi connectivity index (χ0n) is 41.2. The molecule has 0 unspecified atom stereocenters. The van der Waals surface area contributed by atoms with Gasteiger partial charge < -0.3 is 0 Å². The molecule has 4 nitrogen and oxygen atoms in total. The molecule has 0 N–H and O–H groups in total. The molecule has 0 saturated carbocycles. The molecular formula is C69H50N4Si2. The second kappa shape index (κ2) is 19.6. The van der Waals surface area contributed by atoms with E-state index in [9.17, 15) is 0 Å². The van der Waals surface area contributed by atoms with Crippen LogP contribution in [0.15, 0.2) is 303 Å². The molecule has 75 heavy (non-hydrogen) atoms. The lowest BCUT2D eigenvalue weighted by molar-refractivity contribution is 0.953. The van der Waals surface area contributed by atoms with Gasteiger partial charge in [-0.1, -0.05) is 285 Å². The maximum atomic E-state index is 5.58. The Morgan fingerprint density at radius 3 is 0.973 bits per heavy atom. The van der Waals surface area contributed by atoms with Gasteiger partial charge >= 0.3 is 0 Å². The fourth-order valence-corrected chi connectivity index (χ4v) is 21.2. The number of fused-ring (bicyclic) bond motifs is 3. The Kier molecular flexibility index (Phi) is 11.9. The molecule has 6 heteroatoms. The number of rotatable bonds is 12. The molecular weight excluding hydrogens is 941 g/mol. The van der Waals surface area contributed by atoms with Gasteiger partial charge in [-0.15, -0.1) is 0 Å². The molecule has 0 bridgehead atoms. The van der Waals surface area contributed by atoms with Gasteiger partial charge in [0.15, 0.2) is 27.8 Å². The minimum absolute atomic E-state index is 0.555. The number of aromatic nitrogens is 4. The van der Waals surface area contributed by atoms with Crippen LogP contribution in [0, 0.1) is 0 Å². The van der Waals surface area contributed by atoms with E-state index in [1.807, 2.05) is 0 Å². The Bertz CT molecular complexity index is 3720. The summed E-state index contributed by atoms with van der Waals surface area (Å²) >= 11 is 0. The molecule has 2 aromatic heterocycles. The van der Waals surface area contributed by atoms with Crippen molar-refractivity contribution < 1.29 is 0 Å². The van der Waals surface area contributed by atoms with Crippen LogP contribution in [0.2, 0.25) is 0 Å². The van der Waals surface area contributed by atoms with Crippen LogP contribution in [0.5, 0.6) is 0 Å². The van der Waals surface area contributed by atoms with Gasteiger partial charge in [0.1, 0.15) is 0 Å². The van der Waals surface area contributed by atoms with Gasteiger partial charge in [-0.3, -0.25) is 4.57 Å². The van der Waals surface area contributed by atoms with Gasteiger partial charge in [-0.2, -0.15) is 9.97 Å². The van der Waals surface area contributed by atoms with E-state index in [1.54, 1.807) is 0 Å². The zero-order valence-corrected chi connectivity index (χ0v) is 43.2. The maximum Gasteiger partial charge on any atom is 0.238 e. The predicted molar refractivity (Wildman–Crippen MR) is 318 cm³/mol. The summed E-state index contributed by atoms with van der Waals surface area (Å²) in [5.74, 6) is 1.76. The molecule has 0 radical (unpaired) electrons. The highest BCUT2D eigenvalue weighted by molar-refractivity contribution is 7.20. The highest BCUT2D eigenvalue weighted by Crippen LogP contribution is 2.35. The van der Waals surface area contributed by atoms with E-state index in [0.717, 1.165) is 38.5 Å². The van der Waals surface area contributed by atoms with Gasteiger partial charge in [0.2, 0.25) is 5.95 Å². The fraction of sp³-hybridized carbons (Fsp3) is 0. The number of benzene rings is 11. The molecule has 11 aromatic carbocycles. The zero-order chi connectivity index (χ0) is 50.0. The first-order valence-electron chi connectivity index (χ1n) is 25.6. The Morgan fingerprint density at radius 2 is 0.560 bits per heavy atom. The Hall–Kier alpha value is -9.34. The summed E-state index contributed by atoms with van der Waals surface area (Å²) in [5.41, 5.74) is 6.21. The highest BCUT2D eigenvalue weighted by Gasteiger charge is 2.43. The largest absolute Gasteiger partial charge is 0.278 e. The summed E-state index contributed by atoms with van der Waals surface area (Å²) in [6, 6.07) is 110. The van der Waals surface area contributed by atoms with Gasteiger partial charge in [-0.25, -0.2) is 4.98 Å². The van der Waals surface area contributed by atoms with Crippen LogP contribution in [0.4, 0.5) is 0 Å². The van der Waals surface area contributed by atoms with Crippen LogP contribution < -0.4 is 41.5 Å². The molecule has 0 saturated heterocycles. The SMILES string of the molecule is c1ccc(-c2ccc3c(c2)c2ccccc2n3-c2nc(-c3cccc([Si](c4ccccc4)(c4ccccc4)c4ccccc4)c3)nc(-c3cccc([Si](c4ccccc4)(c4ccccc4)c4ccccc4)c3)n2)cc1. The summed E-state index contributed by atoms with van der Waals surface area (Å²) in [4.78, 5) is 16.7. The summed E-state index contributed by atoms with van der Waals surface area (Å²) in [5, 5.41) is 12.6. The minimum atomic E-state index is -2.91. The summed E-state index contributed by atoms with van der Waals surface area (Å²) in [6.45, 7) is 0. The standard InChI is InChI=1S/C69H50N4Si2/c1-8-26-51(27-9-1)52-46-47-66-64(50-52)63-44-22-23-45-65(63)73(66)69-71-67(53-28-24-42-61(48-53)74(55-30-10-2-11-31-55,56-32-12-3-13-33-56)57-34-14-4-15-35-57)70-68(72-69)54-29-25-43-62(49-54)75(58-36-16-5-17-37-58,59-38-18-6-19-39-59)60-40-20-7-21-41-60/h1-50H. The van der Waals surface area contributed by atoms with Crippen molar-refractivity contribution in [3.05, 3.63) is 303 Å². The Balaban J connectivity index is 1.08. The topological polar surface area (TPSA) is 43.6 Å². The van der Waals surface area contributed by atoms with Crippen molar-refractivity contribution >= 4 is 79.4 Å². The van der Waals surface area contributed by atoms with E-state index in [2.05, 4.69) is 308 Å². The first-order valence-corrected chi connectivity index (χ1v) is 29.6. The van der Waals surface area contributed by atoms with Gasteiger partial charge in [0, 0.05) is 21.9 Å². The molecule has 13 aromatic rings. The smallest absolute Gasteiger partial charge is 0.238 e. The number of hydrogen-bond donors (Lipinski definition) is 0. The third-order valence-electron chi connectivity index (χ3n) is 15.0. The third kappa shape index (κ3) is 7.95. The second-order valence-corrected chi connectivity index (χ2v) is 26.7. The first kappa shape index (κ1) is 45.5. The van der Waals surface area contributed by atoms with Gasteiger partial charge in [0.25, 0.3) is 0 Å². The monoisotopic (exact) mass is 990 g/mol. The molecule has 0 amide bonds. The van der Waals surface area contributed by atoms with Crippen molar-refractivity contribution in [2.24, 2.45) is 0 Å². The molecule has 0 spiro atoms. The van der Waals surface area contributed by atoms with Crippen molar-refractivity contribution in [1.82, 2.24) is 19.5 Å². The molecule has 0 aliphatic rings.